The molecule has 0 aliphatic carbocycles. The van der Waals surface area contributed by atoms with Crippen LogP contribution in [0, 0.1) is 5.82 Å². The molecular weight excluding hydrogens is 367 g/mol. The molecule has 0 fully saturated rings. The lowest BCUT2D eigenvalue weighted by atomic mass is 10.2. The van der Waals surface area contributed by atoms with E-state index in [4.69, 9.17) is 4.74 Å². The molecule has 0 bridgehead atoms. The number of amides is 2. The van der Waals surface area contributed by atoms with Gasteiger partial charge in [0.1, 0.15) is 11.6 Å². The first kappa shape index (κ1) is 17.0. The summed E-state index contributed by atoms with van der Waals surface area (Å²) in [5.41, 5.74) is 5.00. The molecule has 0 aromatic heterocycles. The fourth-order valence-corrected chi connectivity index (χ4v) is 2.14. The maximum atomic E-state index is 13.0. The average molecular weight is 381 g/mol. The van der Waals surface area contributed by atoms with E-state index in [0.29, 0.717) is 15.8 Å². The maximum absolute atomic E-state index is 13.0. The maximum Gasteiger partial charge on any atom is 0.279 e. The van der Waals surface area contributed by atoms with Gasteiger partial charge in [-0.15, -0.1) is 0 Å². The van der Waals surface area contributed by atoms with Crippen LogP contribution in [0.25, 0.3) is 0 Å². The molecular formula is C16H14BrFN2O3. The molecule has 5 nitrogen and oxygen atoms in total. The molecule has 0 spiro atoms. The molecule has 0 saturated heterocycles. The molecule has 0 saturated carbocycles. The van der Waals surface area contributed by atoms with Crippen molar-refractivity contribution < 1.29 is 18.7 Å². The molecule has 0 unspecified atom stereocenters. The Balaban J connectivity index is 1.89. The first-order valence-corrected chi connectivity index (χ1v) is 7.53. The topological polar surface area (TPSA) is 67.4 Å². The second-order valence-electron chi connectivity index (χ2n) is 4.64. The summed E-state index contributed by atoms with van der Waals surface area (Å²) in [6.07, 6.45) is -0.882. The molecule has 0 heterocycles. The second-order valence-corrected chi connectivity index (χ2v) is 5.50. The Hall–Kier alpha value is -2.41. The van der Waals surface area contributed by atoms with Crippen LogP contribution in [0.1, 0.15) is 17.3 Å². The number of carbonyl (C=O) groups excluding carboxylic acids is 2. The first-order chi connectivity index (χ1) is 11.0. The van der Waals surface area contributed by atoms with Gasteiger partial charge < -0.3 is 4.74 Å². The van der Waals surface area contributed by atoms with Crippen molar-refractivity contribution in [3.8, 4) is 5.75 Å². The van der Waals surface area contributed by atoms with Crippen LogP contribution in [-0.2, 0) is 4.79 Å². The SMILES string of the molecule is C[C@H](Oc1ccc(F)cc1Br)C(=O)NNC(=O)c1ccccc1. The molecule has 7 heteroatoms. The molecule has 0 aliphatic rings. The van der Waals surface area contributed by atoms with E-state index >= 15 is 0 Å². The minimum Gasteiger partial charge on any atom is -0.480 e. The normalized spacial score (nSPS) is 11.4. The molecule has 2 aromatic carbocycles. The smallest absolute Gasteiger partial charge is 0.279 e. The number of hydrogen-bond acceptors (Lipinski definition) is 3. The predicted molar refractivity (Wildman–Crippen MR) is 86.2 cm³/mol. The summed E-state index contributed by atoms with van der Waals surface area (Å²) in [5, 5.41) is 0. The lowest BCUT2D eigenvalue weighted by molar-refractivity contribution is -0.128. The molecule has 0 aliphatic heterocycles. The standard InChI is InChI=1S/C16H14BrFN2O3/c1-10(23-14-8-7-12(18)9-13(14)17)15(21)19-20-16(22)11-5-3-2-4-6-11/h2-10H,1H3,(H,19,21)(H,20,22)/t10-/m0/s1. The Morgan fingerprint density at radius 1 is 1.13 bits per heavy atom. The van der Waals surface area contributed by atoms with E-state index in [1.165, 1.54) is 25.1 Å². The second kappa shape index (κ2) is 7.73. The van der Waals surface area contributed by atoms with Gasteiger partial charge in [-0.3, -0.25) is 20.4 Å². The Morgan fingerprint density at radius 3 is 2.48 bits per heavy atom. The molecule has 120 valence electrons. The van der Waals surface area contributed by atoms with Gasteiger partial charge in [-0.2, -0.15) is 0 Å². The van der Waals surface area contributed by atoms with Gasteiger partial charge >= 0.3 is 0 Å². The Bertz CT molecular complexity index is 710. The van der Waals surface area contributed by atoms with Gasteiger partial charge in [0, 0.05) is 5.56 Å². The van der Waals surface area contributed by atoms with Crippen LogP contribution in [0.5, 0.6) is 5.75 Å². The van der Waals surface area contributed by atoms with Crippen molar-refractivity contribution in [3.63, 3.8) is 0 Å². The van der Waals surface area contributed by atoms with E-state index in [1.54, 1.807) is 30.3 Å². The summed E-state index contributed by atoms with van der Waals surface area (Å²) < 4.78 is 18.8. The predicted octanol–water partition coefficient (Wildman–Crippen LogP) is 2.82. The minimum atomic E-state index is -0.882. The van der Waals surface area contributed by atoms with Crippen molar-refractivity contribution in [3.05, 3.63) is 64.4 Å². The highest BCUT2D eigenvalue weighted by atomic mass is 79.9. The van der Waals surface area contributed by atoms with E-state index in [9.17, 15) is 14.0 Å². The molecule has 2 amide bonds. The zero-order chi connectivity index (χ0) is 16.8. The summed E-state index contributed by atoms with van der Waals surface area (Å²) in [6, 6.07) is 12.3. The third-order valence-electron chi connectivity index (χ3n) is 2.90. The van der Waals surface area contributed by atoms with Crippen LogP contribution in [0.4, 0.5) is 4.39 Å². The van der Waals surface area contributed by atoms with Gasteiger partial charge in [0.05, 0.1) is 4.47 Å². The highest BCUT2D eigenvalue weighted by molar-refractivity contribution is 9.10. The van der Waals surface area contributed by atoms with Crippen LogP contribution < -0.4 is 15.6 Å². The number of halogens is 2. The molecule has 2 N–H and O–H groups in total. The van der Waals surface area contributed by atoms with Gasteiger partial charge in [-0.05, 0) is 53.2 Å². The molecule has 2 aromatic rings. The number of ether oxygens (including phenoxy) is 1. The van der Waals surface area contributed by atoms with Crippen molar-refractivity contribution in [2.24, 2.45) is 0 Å². The fourth-order valence-electron chi connectivity index (χ4n) is 1.70. The van der Waals surface area contributed by atoms with E-state index in [2.05, 4.69) is 26.8 Å². The minimum absolute atomic E-state index is 0.323. The van der Waals surface area contributed by atoms with Gasteiger partial charge in [-0.1, -0.05) is 18.2 Å². The van der Waals surface area contributed by atoms with Crippen molar-refractivity contribution in [2.45, 2.75) is 13.0 Å². The van der Waals surface area contributed by atoms with E-state index in [-0.39, 0.29) is 0 Å². The van der Waals surface area contributed by atoms with Gasteiger partial charge in [0.25, 0.3) is 11.8 Å². The van der Waals surface area contributed by atoms with Gasteiger partial charge in [0.2, 0.25) is 0 Å². The first-order valence-electron chi connectivity index (χ1n) is 6.74. The van der Waals surface area contributed by atoms with E-state index < -0.39 is 23.7 Å². The molecule has 2 rings (SSSR count). The zero-order valence-electron chi connectivity index (χ0n) is 12.2. The average Bonchev–Trinajstić information content (AvgIpc) is 2.55. The summed E-state index contributed by atoms with van der Waals surface area (Å²) in [5.74, 6) is -1.07. The van der Waals surface area contributed by atoms with Crippen molar-refractivity contribution in [1.82, 2.24) is 10.9 Å². The lowest BCUT2D eigenvalue weighted by Crippen LogP contribution is -2.47. The number of rotatable bonds is 4. The van der Waals surface area contributed by atoms with Crippen LogP contribution in [0.15, 0.2) is 53.0 Å². The lowest BCUT2D eigenvalue weighted by Gasteiger charge is -2.16. The summed E-state index contributed by atoms with van der Waals surface area (Å²) in [6.45, 7) is 1.51. The quantitative estimate of drug-likeness (QED) is 0.801. The Kier molecular flexibility index (Phi) is 5.70. The van der Waals surface area contributed by atoms with Gasteiger partial charge in [-0.25, -0.2) is 4.39 Å². The van der Waals surface area contributed by atoms with Crippen LogP contribution in [0.3, 0.4) is 0 Å². The van der Waals surface area contributed by atoms with Crippen LogP contribution in [0.2, 0.25) is 0 Å². The van der Waals surface area contributed by atoms with Crippen molar-refractivity contribution >= 4 is 27.7 Å². The fraction of sp³-hybridized carbons (Fsp3) is 0.125. The molecule has 0 radical (unpaired) electrons. The monoisotopic (exact) mass is 380 g/mol. The summed E-state index contributed by atoms with van der Waals surface area (Å²) in [4.78, 5) is 23.7. The highest BCUT2D eigenvalue weighted by Gasteiger charge is 2.17. The van der Waals surface area contributed by atoms with Crippen molar-refractivity contribution in [1.29, 1.82) is 0 Å². The zero-order valence-corrected chi connectivity index (χ0v) is 13.8. The van der Waals surface area contributed by atoms with E-state index in [0.717, 1.165) is 0 Å². The number of benzene rings is 2. The number of nitrogens with one attached hydrogen (secondary N) is 2. The van der Waals surface area contributed by atoms with Crippen LogP contribution >= 0.6 is 15.9 Å². The Morgan fingerprint density at radius 2 is 1.83 bits per heavy atom. The summed E-state index contributed by atoms with van der Waals surface area (Å²) in [7, 11) is 0. The van der Waals surface area contributed by atoms with Gasteiger partial charge in [0.15, 0.2) is 6.10 Å². The molecule has 1 atom stereocenters. The third-order valence-corrected chi connectivity index (χ3v) is 3.52. The molecule has 23 heavy (non-hydrogen) atoms. The summed E-state index contributed by atoms with van der Waals surface area (Å²) >= 11 is 3.15. The number of hydrogen-bond donors (Lipinski definition) is 2. The Labute approximate surface area is 140 Å². The van der Waals surface area contributed by atoms with Crippen molar-refractivity contribution in [2.75, 3.05) is 0 Å². The third kappa shape index (κ3) is 4.79. The highest BCUT2D eigenvalue weighted by Crippen LogP contribution is 2.26. The number of carbonyl (C=O) groups is 2. The number of hydrazine groups is 1. The van der Waals surface area contributed by atoms with E-state index in [1.807, 2.05) is 0 Å². The largest absolute Gasteiger partial charge is 0.480 e. The van der Waals surface area contributed by atoms with Crippen LogP contribution in [-0.4, -0.2) is 17.9 Å².